The topological polar surface area (TPSA) is 323 Å². The van der Waals surface area contributed by atoms with Gasteiger partial charge in [0.25, 0.3) is 0 Å². The van der Waals surface area contributed by atoms with Gasteiger partial charge in [-0.15, -0.1) is 0 Å². The predicted molar refractivity (Wildman–Crippen MR) is 253 cm³/mol. The van der Waals surface area contributed by atoms with Crippen molar-refractivity contribution in [2.75, 3.05) is 0 Å². The van der Waals surface area contributed by atoms with Crippen molar-refractivity contribution in [3.63, 3.8) is 0 Å². The van der Waals surface area contributed by atoms with E-state index in [2.05, 4.69) is 0 Å². The summed E-state index contributed by atoms with van der Waals surface area (Å²) in [5.41, 5.74) is -8.32. The number of esters is 2. The Balaban J connectivity index is 1.08. The second-order valence-electron chi connectivity index (χ2n) is 19.0. The highest BCUT2D eigenvalue weighted by molar-refractivity contribution is 7.96. The van der Waals surface area contributed by atoms with Crippen LogP contribution in [0, 0.1) is 0 Å². The molecular weight excluding hydrogens is 1080 g/mol. The third-order valence-corrected chi connectivity index (χ3v) is 18.8. The number of rotatable bonds is 10. The second kappa shape index (κ2) is 19.2. The van der Waals surface area contributed by atoms with Crippen LogP contribution < -0.4 is 0 Å². The van der Waals surface area contributed by atoms with Gasteiger partial charge in [0.1, 0.15) is 61.0 Å². The fourth-order valence-corrected chi connectivity index (χ4v) is 14.2. The van der Waals surface area contributed by atoms with Crippen molar-refractivity contribution < 1.29 is 113 Å². The number of sulfone groups is 2. The molecule has 4 aromatic carbocycles. The number of carbonyl (C=O) groups excluding carboxylic acids is 2. The van der Waals surface area contributed by atoms with Crippen molar-refractivity contribution in [1.29, 1.82) is 0 Å². The Labute approximate surface area is 432 Å². The van der Waals surface area contributed by atoms with E-state index in [1.165, 1.54) is 24.3 Å². The van der Waals surface area contributed by atoms with Crippen LogP contribution >= 0.6 is 0 Å². The van der Waals surface area contributed by atoms with E-state index < -0.39 is 188 Å². The first-order valence-electron chi connectivity index (χ1n) is 23.5. The number of ether oxygens (including phenoxy) is 2. The maximum Gasteiger partial charge on any atom is 0.380 e. The van der Waals surface area contributed by atoms with Crippen LogP contribution in [0.1, 0.15) is 58.5 Å². The fraction of sp³-hybridized carbons (Fsp3) is 0.373. The Kier molecular flexibility index (Phi) is 13.9. The molecule has 2 fully saturated rings. The number of allylic oxidation sites excluding steroid dienone is 6. The minimum Gasteiger partial charge on any atom is -0.453 e. The molecule has 10 N–H and O–H groups in total. The molecule has 0 amide bonds. The molecule has 12 atom stereocenters. The highest BCUT2D eigenvalue weighted by atomic mass is 32.2. The standard InChI is InChI=1S/C51H46F6O18S2/c1-3-27-31(25-15-13-23(17-29(25)76(27,70)71)19-5-9-21(10-6-19)47(68)74-45-41(64)37(60)35(58)38(61)42(45)65)33-34(50(54,55)51(56,57)49(33,52)53)32-26-16-14-24(18-30(26)77(72,73)28(32)4-2)20-7-11-22(12-8-20)48(69)75-46-43(66)39(62)36(59)40(63)44(46)67/h5-18,35-46,58-67H,3-4H2,1-2H3/t35-,36-,37-,38+,39-,40+,41+,42-,43+,44-,45-,46-. The van der Waals surface area contributed by atoms with Crippen molar-refractivity contribution in [3.8, 4) is 22.3 Å². The summed E-state index contributed by atoms with van der Waals surface area (Å²) in [6, 6.07) is 15.5. The number of hydrogen-bond donors (Lipinski definition) is 10. The molecule has 18 nitrogen and oxygen atoms in total. The van der Waals surface area contributed by atoms with Gasteiger partial charge in [-0.05, 0) is 71.5 Å². The lowest BCUT2D eigenvalue weighted by Gasteiger charge is -2.41. The number of carbonyl (C=O) groups is 2. The van der Waals surface area contributed by atoms with E-state index in [0.717, 1.165) is 74.5 Å². The van der Waals surface area contributed by atoms with Crippen molar-refractivity contribution >= 4 is 42.8 Å². The first-order valence-corrected chi connectivity index (χ1v) is 26.4. The molecule has 5 aliphatic rings. The van der Waals surface area contributed by atoms with E-state index in [-0.39, 0.29) is 33.4 Å². The first-order chi connectivity index (χ1) is 35.9. The number of halogens is 6. The summed E-state index contributed by atoms with van der Waals surface area (Å²) in [5.74, 6) is -20.4. The highest BCUT2D eigenvalue weighted by Crippen LogP contribution is 2.68. The van der Waals surface area contributed by atoms with Gasteiger partial charge in [-0.3, -0.25) is 0 Å². The van der Waals surface area contributed by atoms with E-state index in [0.29, 0.717) is 0 Å². The molecule has 2 aliphatic heterocycles. The first kappa shape index (κ1) is 55.9. The van der Waals surface area contributed by atoms with Gasteiger partial charge in [-0.2, -0.15) is 26.3 Å². The Hall–Kier alpha value is -5.88. The molecule has 26 heteroatoms. The molecule has 4 aromatic rings. The molecule has 412 valence electrons. The molecular formula is C51H46F6O18S2. The molecule has 0 radical (unpaired) electrons. The van der Waals surface area contributed by atoms with Gasteiger partial charge in [0.2, 0.25) is 19.7 Å². The minimum absolute atomic E-state index is 0.00430. The van der Waals surface area contributed by atoms with Crippen LogP contribution in [0.5, 0.6) is 0 Å². The van der Waals surface area contributed by atoms with E-state index in [9.17, 15) is 77.5 Å². The zero-order valence-corrected chi connectivity index (χ0v) is 41.4. The summed E-state index contributed by atoms with van der Waals surface area (Å²) in [7, 11) is -9.97. The summed E-state index contributed by atoms with van der Waals surface area (Å²) >= 11 is 0. The number of alkyl halides is 6. The molecule has 2 heterocycles. The number of benzene rings is 4. The van der Waals surface area contributed by atoms with Crippen LogP contribution in [0.25, 0.3) is 33.4 Å². The Morgan fingerprint density at radius 2 is 0.714 bits per heavy atom. The monoisotopic (exact) mass is 1120 g/mol. The maximum atomic E-state index is 16.7. The van der Waals surface area contributed by atoms with Gasteiger partial charge >= 0.3 is 29.7 Å². The summed E-state index contributed by atoms with van der Waals surface area (Å²) in [6.45, 7) is 2.29. The highest BCUT2D eigenvalue weighted by Gasteiger charge is 2.81. The number of aliphatic hydroxyl groups excluding tert-OH is 10. The Bertz CT molecular complexity index is 3180. The minimum atomic E-state index is -6.28. The van der Waals surface area contributed by atoms with Crippen molar-refractivity contribution in [1.82, 2.24) is 0 Å². The average Bonchev–Trinajstić information content (AvgIpc) is 4.07. The molecule has 3 aliphatic carbocycles. The van der Waals surface area contributed by atoms with Crippen LogP contribution in [-0.4, -0.2) is 171 Å². The van der Waals surface area contributed by atoms with Gasteiger partial charge in [0, 0.05) is 33.4 Å². The summed E-state index contributed by atoms with van der Waals surface area (Å²) in [5, 5.41) is 101. The van der Waals surface area contributed by atoms with Crippen LogP contribution in [0.15, 0.2) is 116 Å². The molecule has 0 spiro atoms. The van der Waals surface area contributed by atoms with Crippen LogP contribution in [0.2, 0.25) is 0 Å². The summed E-state index contributed by atoms with van der Waals surface area (Å²) in [4.78, 5) is 22.5. The van der Waals surface area contributed by atoms with Gasteiger partial charge in [0.15, 0.2) is 12.2 Å². The summed E-state index contributed by atoms with van der Waals surface area (Å²) < 4.78 is 166. The lowest BCUT2D eigenvalue weighted by Crippen LogP contribution is -2.64. The third kappa shape index (κ3) is 8.29. The zero-order chi connectivity index (χ0) is 56.5. The van der Waals surface area contributed by atoms with Gasteiger partial charge < -0.3 is 60.5 Å². The molecule has 2 saturated carbocycles. The van der Waals surface area contributed by atoms with Gasteiger partial charge in [-0.1, -0.05) is 62.4 Å². The Morgan fingerprint density at radius 3 is 1.00 bits per heavy atom. The SMILES string of the molecule is CCC1=C(C2=C(C3=C(CC)S(=O)(=O)c4cc(-c5ccc(C(=O)O[C@H]6[C@H](O)[C@@H](O)[C@H](O)[C@@H](O)[C@@H]6O)cc5)ccc43)C(F)(F)C(F)(F)C2(F)F)c2ccc(-c3ccc(C(=O)O[C@H]4[C@H](O)[C@@H](O)[C@H](O)[C@@H](O)[C@@H]4O)cc3)cc2S1(=O)=O. The fourth-order valence-electron chi connectivity index (χ4n) is 10.4. The van der Waals surface area contributed by atoms with E-state index in [1.807, 2.05) is 0 Å². The number of hydrogen-bond acceptors (Lipinski definition) is 18. The quantitative estimate of drug-likeness (QED) is 0.0805. The Morgan fingerprint density at radius 1 is 0.442 bits per heavy atom. The molecule has 0 bridgehead atoms. The number of fused-ring (bicyclic) bond motifs is 2. The van der Waals surface area contributed by atoms with Crippen LogP contribution in [0.4, 0.5) is 26.3 Å². The maximum absolute atomic E-state index is 16.7. The lowest BCUT2D eigenvalue weighted by atomic mass is 9.85. The van der Waals surface area contributed by atoms with Gasteiger partial charge in [0.05, 0.1) is 30.7 Å². The third-order valence-electron chi connectivity index (χ3n) is 14.6. The second-order valence-corrected chi connectivity index (χ2v) is 22.9. The van der Waals surface area contributed by atoms with Crippen molar-refractivity contribution in [3.05, 3.63) is 128 Å². The van der Waals surface area contributed by atoms with Crippen molar-refractivity contribution in [2.24, 2.45) is 0 Å². The van der Waals surface area contributed by atoms with Crippen molar-refractivity contribution in [2.45, 2.75) is 127 Å². The smallest absolute Gasteiger partial charge is 0.380 e. The van der Waals surface area contributed by atoms with Crippen LogP contribution in [-0.2, 0) is 29.1 Å². The molecule has 9 rings (SSSR count). The molecule has 0 unspecified atom stereocenters. The van der Waals surface area contributed by atoms with E-state index >= 15 is 26.3 Å². The molecule has 0 aromatic heterocycles. The average molecular weight is 1130 g/mol. The molecule has 77 heavy (non-hydrogen) atoms. The van der Waals surface area contributed by atoms with Crippen LogP contribution in [0.3, 0.4) is 0 Å². The van der Waals surface area contributed by atoms with Gasteiger partial charge in [-0.25, -0.2) is 26.4 Å². The lowest BCUT2D eigenvalue weighted by molar-refractivity contribution is -0.263. The van der Waals surface area contributed by atoms with E-state index in [1.54, 1.807) is 0 Å². The molecule has 0 saturated heterocycles. The van der Waals surface area contributed by atoms with E-state index in [4.69, 9.17) is 9.47 Å². The predicted octanol–water partition coefficient (Wildman–Crippen LogP) is 2.44. The summed E-state index contributed by atoms with van der Waals surface area (Å²) in [6.07, 6.45) is -25.4. The normalized spacial score (nSPS) is 31.5. The zero-order valence-electron chi connectivity index (χ0n) is 39.7. The largest absolute Gasteiger partial charge is 0.453 e. The number of aliphatic hydroxyl groups is 10.